The fourth-order valence-electron chi connectivity index (χ4n) is 2.50. The molecule has 2 amide bonds. The fraction of sp³-hybridized carbons (Fsp3) is 0.833. The van der Waals surface area contributed by atoms with Gasteiger partial charge in [0.25, 0.3) is 0 Å². The minimum atomic E-state index is -1.01. The van der Waals surface area contributed by atoms with Gasteiger partial charge in [0, 0.05) is 12.6 Å². The number of aliphatic carboxylic acids is 1. The van der Waals surface area contributed by atoms with Crippen molar-refractivity contribution in [3.8, 4) is 0 Å². The Balaban J connectivity index is 1.82. The summed E-state index contributed by atoms with van der Waals surface area (Å²) in [5.41, 5.74) is 0. The third-order valence-corrected chi connectivity index (χ3v) is 3.56. The highest BCUT2D eigenvalue weighted by Crippen LogP contribution is 2.17. The summed E-state index contributed by atoms with van der Waals surface area (Å²) in [6.45, 7) is 0.880. The molecule has 1 heterocycles. The minimum Gasteiger partial charge on any atom is -0.479 e. The smallest absolute Gasteiger partial charge is 0.334 e. The second-order valence-electron chi connectivity index (χ2n) is 4.93. The van der Waals surface area contributed by atoms with E-state index in [0.29, 0.717) is 6.54 Å². The molecule has 1 aliphatic heterocycles. The second kappa shape index (κ2) is 6.04. The van der Waals surface area contributed by atoms with Gasteiger partial charge in [-0.25, -0.2) is 9.59 Å². The molecule has 0 aromatic carbocycles. The number of morpholine rings is 1. The lowest BCUT2D eigenvalue weighted by atomic mass is 9.96. The van der Waals surface area contributed by atoms with Crippen LogP contribution < -0.4 is 5.32 Å². The molecular weight excluding hydrogens is 236 g/mol. The van der Waals surface area contributed by atoms with E-state index in [-0.39, 0.29) is 25.2 Å². The minimum absolute atomic E-state index is 0.133. The van der Waals surface area contributed by atoms with Gasteiger partial charge in [-0.1, -0.05) is 19.3 Å². The number of hydrogen-bond acceptors (Lipinski definition) is 3. The van der Waals surface area contributed by atoms with Crippen LogP contribution in [-0.4, -0.2) is 53.8 Å². The molecule has 1 saturated heterocycles. The van der Waals surface area contributed by atoms with Gasteiger partial charge < -0.3 is 20.1 Å². The van der Waals surface area contributed by atoms with Crippen molar-refractivity contribution in [1.29, 1.82) is 0 Å². The molecule has 2 fully saturated rings. The topological polar surface area (TPSA) is 78.9 Å². The first-order valence-corrected chi connectivity index (χ1v) is 6.56. The van der Waals surface area contributed by atoms with E-state index in [1.165, 1.54) is 11.3 Å². The first-order chi connectivity index (χ1) is 8.66. The summed E-state index contributed by atoms with van der Waals surface area (Å²) in [5, 5.41) is 11.9. The Morgan fingerprint density at radius 2 is 1.94 bits per heavy atom. The molecule has 6 heteroatoms. The van der Waals surface area contributed by atoms with Crippen LogP contribution in [0.2, 0.25) is 0 Å². The van der Waals surface area contributed by atoms with E-state index >= 15 is 0 Å². The van der Waals surface area contributed by atoms with Gasteiger partial charge in [0.05, 0.1) is 13.2 Å². The molecule has 1 unspecified atom stereocenters. The number of carbonyl (C=O) groups is 2. The van der Waals surface area contributed by atoms with Crippen molar-refractivity contribution >= 4 is 12.0 Å². The maximum Gasteiger partial charge on any atom is 0.334 e. The van der Waals surface area contributed by atoms with Crippen molar-refractivity contribution in [3.05, 3.63) is 0 Å². The number of rotatable bonds is 2. The standard InChI is InChI=1S/C12H20N2O4/c15-11(16)10-8-14(6-7-18-10)12(17)13-9-4-2-1-3-5-9/h9-10H,1-8H2,(H,13,17)(H,15,16). The molecular formula is C12H20N2O4. The van der Waals surface area contributed by atoms with E-state index in [1.807, 2.05) is 0 Å². The molecule has 0 aromatic heterocycles. The lowest BCUT2D eigenvalue weighted by molar-refractivity contribution is -0.154. The van der Waals surface area contributed by atoms with Gasteiger partial charge >= 0.3 is 12.0 Å². The Morgan fingerprint density at radius 1 is 1.22 bits per heavy atom. The molecule has 1 saturated carbocycles. The maximum atomic E-state index is 12.0. The van der Waals surface area contributed by atoms with Crippen molar-refractivity contribution in [3.63, 3.8) is 0 Å². The van der Waals surface area contributed by atoms with Crippen LogP contribution in [-0.2, 0) is 9.53 Å². The Hall–Kier alpha value is -1.30. The molecule has 2 aliphatic rings. The Labute approximate surface area is 106 Å². The monoisotopic (exact) mass is 256 g/mol. The SMILES string of the molecule is O=C(O)C1CN(C(=O)NC2CCCCC2)CCO1. The predicted molar refractivity (Wildman–Crippen MR) is 64.4 cm³/mol. The Morgan fingerprint density at radius 3 is 2.61 bits per heavy atom. The van der Waals surface area contributed by atoms with Gasteiger partial charge in [-0.3, -0.25) is 0 Å². The summed E-state index contributed by atoms with van der Waals surface area (Å²) in [6, 6.07) is 0.0915. The van der Waals surface area contributed by atoms with Crippen LogP contribution in [0.15, 0.2) is 0 Å². The predicted octanol–water partition coefficient (Wildman–Crippen LogP) is 0.814. The van der Waals surface area contributed by atoms with Gasteiger partial charge in [-0.05, 0) is 12.8 Å². The van der Waals surface area contributed by atoms with Gasteiger partial charge in [0.1, 0.15) is 0 Å². The van der Waals surface area contributed by atoms with Crippen molar-refractivity contribution in [2.45, 2.75) is 44.2 Å². The molecule has 2 N–H and O–H groups in total. The number of carboxylic acid groups (broad SMARTS) is 1. The average molecular weight is 256 g/mol. The first kappa shape index (κ1) is 13.1. The van der Waals surface area contributed by atoms with E-state index in [9.17, 15) is 9.59 Å². The number of hydrogen-bond donors (Lipinski definition) is 2. The first-order valence-electron chi connectivity index (χ1n) is 6.56. The van der Waals surface area contributed by atoms with Gasteiger partial charge in [-0.2, -0.15) is 0 Å². The zero-order valence-corrected chi connectivity index (χ0v) is 10.4. The van der Waals surface area contributed by atoms with Crippen molar-refractivity contribution < 1.29 is 19.4 Å². The van der Waals surface area contributed by atoms with Crippen molar-refractivity contribution in [2.24, 2.45) is 0 Å². The van der Waals surface area contributed by atoms with Crippen LogP contribution in [0.25, 0.3) is 0 Å². The Bertz CT molecular complexity index is 315. The van der Waals surface area contributed by atoms with Crippen LogP contribution in [0.5, 0.6) is 0 Å². The van der Waals surface area contributed by atoms with Crippen LogP contribution in [0, 0.1) is 0 Å². The molecule has 0 aromatic rings. The molecule has 102 valence electrons. The van der Waals surface area contributed by atoms with Gasteiger partial charge in [0.15, 0.2) is 6.10 Å². The van der Waals surface area contributed by atoms with Crippen molar-refractivity contribution in [1.82, 2.24) is 10.2 Å². The largest absolute Gasteiger partial charge is 0.479 e. The normalized spacial score (nSPS) is 25.8. The molecule has 0 bridgehead atoms. The highest BCUT2D eigenvalue weighted by Gasteiger charge is 2.29. The summed E-state index contributed by atoms with van der Waals surface area (Å²) in [7, 11) is 0. The van der Waals surface area contributed by atoms with Crippen LogP contribution >= 0.6 is 0 Å². The Kier molecular flexibility index (Phi) is 4.41. The summed E-state index contributed by atoms with van der Waals surface area (Å²) in [5.74, 6) is -1.01. The molecule has 0 spiro atoms. The molecule has 1 atom stereocenters. The number of amides is 2. The number of nitrogens with one attached hydrogen (secondary N) is 1. The summed E-state index contributed by atoms with van der Waals surface area (Å²) in [4.78, 5) is 24.4. The molecule has 0 radical (unpaired) electrons. The number of nitrogens with zero attached hydrogens (tertiary/aromatic N) is 1. The summed E-state index contributed by atoms with van der Waals surface area (Å²) in [6.07, 6.45) is 4.72. The van der Waals surface area contributed by atoms with Crippen LogP contribution in [0.4, 0.5) is 4.79 Å². The van der Waals surface area contributed by atoms with Gasteiger partial charge in [-0.15, -0.1) is 0 Å². The van der Waals surface area contributed by atoms with Gasteiger partial charge in [0.2, 0.25) is 0 Å². The number of urea groups is 1. The van der Waals surface area contributed by atoms with Crippen molar-refractivity contribution in [2.75, 3.05) is 19.7 Å². The van der Waals surface area contributed by atoms with Crippen LogP contribution in [0.1, 0.15) is 32.1 Å². The quantitative estimate of drug-likeness (QED) is 0.766. The number of carboxylic acids is 1. The average Bonchev–Trinajstić information content (AvgIpc) is 2.40. The molecule has 6 nitrogen and oxygen atoms in total. The van der Waals surface area contributed by atoms with E-state index in [2.05, 4.69) is 5.32 Å². The third kappa shape index (κ3) is 3.35. The summed E-state index contributed by atoms with van der Waals surface area (Å²) >= 11 is 0. The van der Waals surface area contributed by atoms with E-state index in [1.54, 1.807) is 0 Å². The second-order valence-corrected chi connectivity index (χ2v) is 4.93. The van der Waals surface area contributed by atoms with Crippen LogP contribution in [0.3, 0.4) is 0 Å². The van der Waals surface area contributed by atoms with E-state index in [4.69, 9.17) is 9.84 Å². The molecule has 2 rings (SSSR count). The highest BCUT2D eigenvalue weighted by atomic mass is 16.5. The maximum absolute atomic E-state index is 12.0. The zero-order valence-electron chi connectivity index (χ0n) is 10.4. The van der Waals surface area contributed by atoms with E-state index in [0.717, 1.165) is 25.7 Å². The zero-order chi connectivity index (χ0) is 13.0. The fourth-order valence-corrected chi connectivity index (χ4v) is 2.50. The highest BCUT2D eigenvalue weighted by molar-refractivity contribution is 5.77. The lowest BCUT2D eigenvalue weighted by Crippen LogP contribution is -2.53. The lowest BCUT2D eigenvalue weighted by Gasteiger charge is -2.33. The third-order valence-electron chi connectivity index (χ3n) is 3.56. The summed E-state index contributed by atoms with van der Waals surface area (Å²) < 4.78 is 5.09. The molecule has 18 heavy (non-hydrogen) atoms. The number of ether oxygens (including phenoxy) is 1. The number of carbonyl (C=O) groups excluding carboxylic acids is 1. The molecule has 1 aliphatic carbocycles. The van der Waals surface area contributed by atoms with E-state index < -0.39 is 12.1 Å².